The second-order valence-corrected chi connectivity index (χ2v) is 7.41. The minimum absolute atomic E-state index is 0.0849. The van der Waals surface area contributed by atoms with E-state index in [4.69, 9.17) is 9.47 Å². The molecule has 128 valence electrons. The van der Waals surface area contributed by atoms with Gasteiger partial charge in [-0.3, -0.25) is 9.59 Å². The van der Waals surface area contributed by atoms with Gasteiger partial charge in [-0.25, -0.2) is 0 Å². The van der Waals surface area contributed by atoms with Gasteiger partial charge in [-0.15, -0.1) is 0 Å². The number of allylic oxidation sites excluding steroid dienone is 1. The zero-order chi connectivity index (χ0) is 17.4. The first-order valence-corrected chi connectivity index (χ1v) is 8.12. The predicted molar refractivity (Wildman–Crippen MR) is 84.5 cm³/mol. The summed E-state index contributed by atoms with van der Waals surface area (Å²) in [5.74, 6) is -0.473. The molecule has 3 atom stereocenters. The van der Waals surface area contributed by atoms with E-state index in [1.54, 1.807) is 0 Å². The molecule has 5 nitrogen and oxygen atoms in total. The lowest BCUT2D eigenvalue weighted by Crippen LogP contribution is -2.37. The van der Waals surface area contributed by atoms with E-state index in [0.29, 0.717) is 6.42 Å². The summed E-state index contributed by atoms with van der Waals surface area (Å²) in [7, 11) is 0. The molecule has 0 radical (unpaired) electrons. The van der Waals surface area contributed by atoms with E-state index in [-0.39, 0.29) is 30.4 Å². The molecular formula is C18H26O5. The standard InChI is InChI=1S/C18H26O5/c1-11-6-7-14(17(4,5)23-13(3)21)16(11)15-8-18(15,9-19)10-22-12(2)20/h9,14-15H,6-8,10H2,1-5H3/t14-,15?,18+/m0/s1. The molecule has 0 aromatic heterocycles. The van der Waals surface area contributed by atoms with Crippen molar-refractivity contribution in [1.82, 2.24) is 0 Å². The highest BCUT2D eigenvalue weighted by atomic mass is 16.6. The quantitative estimate of drug-likeness (QED) is 0.427. The minimum Gasteiger partial charge on any atom is -0.465 e. The van der Waals surface area contributed by atoms with Gasteiger partial charge in [0, 0.05) is 19.8 Å². The zero-order valence-corrected chi connectivity index (χ0v) is 14.6. The molecule has 23 heavy (non-hydrogen) atoms. The van der Waals surface area contributed by atoms with E-state index >= 15 is 0 Å². The lowest BCUT2D eigenvalue weighted by molar-refractivity contribution is -0.157. The number of aldehydes is 1. The molecule has 2 aliphatic carbocycles. The predicted octanol–water partition coefficient (Wildman–Crippen LogP) is 2.82. The number of esters is 2. The summed E-state index contributed by atoms with van der Waals surface area (Å²) in [5, 5.41) is 0. The summed E-state index contributed by atoms with van der Waals surface area (Å²) in [6.45, 7) is 8.83. The number of ether oxygens (including phenoxy) is 2. The van der Waals surface area contributed by atoms with Crippen LogP contribution in [0.5, 0.6) is 0 Å². The van der Waals surface area contributed by atoms with Gasteiger partial charge in [-0.2, -0.15) is 0 Å². The van der Waals surface area contributed by atoms with Crippen molar-refractivity contribution in [3.63, 3.8) is 0 Å². The van der Waals surface area contributed by atoms with Gasteiger partial charge >= 0.3 is 11.9 Å². The van der Waals surface area contributed by atoms with Crippen molar-refractivity contribution < 1.29 is 23.9 Å². The topological polar surface area (TPSA) is 69.7 Å². The van der Waals surface area contributed by atoms with Gasteiger partial charge in [-0.05, 0) is 46.0 Å². The molecule has 0 saturated heterocycles. The Morgan fingerprint density at radius 3 is 2.48 bits per heavy atom. The maximum atomic E-state index is 11.6. The van der Waals surface area contributed by atoms with Gasteiger partial charge in [0.05, 0.1) is 5.41 Å². The highest BCUT2D eigenvalue weighted by molar-refractivity contribution is 5.70. The van der Waals surface area contributed by atoms with E-state index in [9.17, 15) is 14.4 Å². The summed E-state index contributed by atoms with van der Waals surface area (Å²) < 4.78 is 10.6. The van der Waals surface area contributed by atoms with Crippen LogP contribution in [0.15, 0.2) is 11.1 Å². The van der Waals surface area contributed by atoms with E-state index in [1.807, 2.05) is 13.8 Å². The van der Waals surface area contributed by atoms with Crippen molar-refractivity contribution in [2.75, 3.05) is 6.61 Å². The van der Waals surface area contributed by atoms with Gasteiger partial charge in [0.25, 0.3) is 0 Å². The summed E-state index contributed by atoms with van der Waals surface area (Å²) in [5.41, 5.74) is 1.29. The third-order valence-corrected chi connectivity index (χ3v) is 5.19. The van der Waals surface area contributed by atoms with Crippen LogP contribution in [0.3, 0.4) is 0 Å². The lowest BCUT2D eigenvalue weighted by Gasteiger charge is -2.34. The minimum atomic E-state index is -0.600. The first-order valence-electron chi connectivity index (χ1n) is 8.12. The van der Waals surface area contributed by atoms with Crippen LogP contribution in [0.25, 0.3) is 0 Å². The Kier molecular flexibility index (Phi) is 4.69. The van der Waals surface area contributed by atoms with E-state index in [2.05, 4.69) is 6.92 Å². The van der Waals surface area contributed by atoms with Crippen molar-refractivity contribution in [3.8, 4) is 0 Å². The van der Waals surface area contributed by atoms with Crippen LogP contribution in [0.2, 0.25) is 0 Å². The first-order chi connectivity index (χ1) is 10.6. The third kappa shape index (κ3) is 3.48. The normalized spacial score (nSPS) is 30.1. The molecule has 0 amide bonds. The van der Waals surface area contributed by atoms with E-state index in [1.165, 1.54) is 25.0 Å². The van der Waals surface area contributed by atoms with Gasteiger partial charge < -0.3 is 14.3 Å². The highest BCUT2D eigenvalue weighted by Gasteiger charge is 2.60. The average molecular weight is 322 g/mol. The summed E-state index contributed by atoms with van der Waals surface area (Å²) in [4.78, 5) is 34.1. The average Bonchev–Trinajstić information content (AvgIpc) is 3.01. The molecule has 1 fully saturated rings. The van der Waals surface area contributed by atoms with Gasteiger partial charge in [-0.1, -0.05) is 11.1 Å². The Bertz CT molecular complexity index is 560. The van der Waals surface area contributed by atoms with Crippen molar-refractivity contribution in [3.05, 3.63) is 11.1 Å². The van der Waals surface area contributed by atoms with Crippen LogP contribution >= 0.6 is 0 Å². The second-order valence-electron chi connectivity index (χ2n) is 7.41. The molecule has 1 unspecified atom stereocenters. The van der Waals surface area contributed by atoms with Crippen LogP contribution in [0.1, 0.15) is 53.9 Å². The van der Waals surface area contributed by atoms with Crippen LogP contribution in [-0.4, -0.2) is 30.4 Å². The molecule has 0 bridgehead atoms. The Balaban J connectivity index is 2.20. The third-order valence-electron chi connectivity index (χ3n) is 5.19. The molecule has 0 aliphatic heterocycles. The number of rotatable bonds is 6. The monoisotopic (exact) mass is 322 g/mol. The highest BCUT2D eigenvalue weighted by Crippen LogP contribution is 2.61. The Morgan fingerprint density at radius 1 is 1.30 bits per heavy atom. The van der Waals surface area contributed by atoms with Crippen LogP contribution in [-0.2, 0) is 23.9 Å². The van der Waals surface area contributed by atoms with Crippen molar-refractivity contribution in [2.45, 2.75) is 59.5 Å². The second kappa shape index (κ2) is 6.10. The smallest absolute Gasteiger partial charge is 0.303 e. The number of hydrogen-bond acceptors (Lipinski definition) is 5. The summed E-state index contributed by atoms with van der Waals surface area (Å²) in [6.07, 6.45) is 3.49. The fourth-order valence-corrected chi connectivity index (χ4v) is 3.96. The van der Waals surface area contributed by atoms with Crippen LogP contribution in [0, 0.1) is 17.3 Å². The van der Waals surface area contributed by atoms with Gasteiger partial charge in [0.15, 0.2) is 0 Å². The summed E-state index contributed by atoms with van der Waals surface area (Å²) >= 11 is 0. The van der Waals surface area contributed by atoms with E-state index < -0.39 is 11.0 Å². The molecular weight excluding hydrogens is 296 g/mol. The van der Waals surface area contributed by atoms with Gasteiger partial charge in [0.1, 0.15) is 18.5 Å². The summed E-state index contributed by atoms with van der Waals surface area (Å²) in [6, 6.07) is 0. The molecule has 0 aromatic rings. The molecule has 0 spiro atoms. The molecule has 5 heteroatoms. The molecule has 0 heterocycles. The van der Waals surface area contributed by atoms with E-state index in [0.717, 1.165) is 19.1 Å². The zero-order valence-electron chi connectivity index (χ0n) is 14.6. The fourth-order valence-electron chi connectivity index (χ4n) is 3.96. The molecule has 2 aliphatic rings. The van der Waals surface area contributed by atoms with Crippen LogP contribution < -0.4 is 0 Å². The Labute approximate surface area is 137 Å². The van der Waals surface area contributed by atoms with Crippen LogP contribution in [0.4, 0.5) is 0 Å². The Hall–Kier alpha value is -1.65. The largest absolute Gasteiger partial charge is 0.465 e. The maximum absolute atomic E-state index is 11.6. The first kappa shape index (κ1) is 17.7. The number of carbonyl (C=O) groups is 3. The lowest BCUT2D eigenvalue weighted by atomic mass is 9.81. The van der Waals surface area contributed by atoms with Crippen molar-refractivity contribution in [1.29, 1.82) is 0 Å². The molecule has 0 N–H and O–H groups in total. The molecule has 2 rings (SSSR count). The Morgan fingerprint density at radius 2 is 1.96 bits per heavy atom. The van der Waals surface area contributed by atoms with Crippen molar-refractivity contribution >= 4 is 18.2 Å². The van der Waals surface area contributed by atoms with Crippen molar-refractivity contribution in [2.24, 2.45) is 17.3 Å². The molecule has 0 aromatic carbocycles. The number of carbonyl (C=O) groups excluding carboxylic acids is 3. The van der Waals surface area contributed by atoms with Gasteiger partial charge in [0.2, 0.25) is 0 Å². The number of hydrogen-bond donors (Lipinski definition) is 0. The maximum Gasteiger partial charge on any atom is 0.303 e. The SMILES string of the molecule is CC(=O)OC[C@]1(C=O)CC1C1=C(C)CC[C@@H]1C(C)(C)OC(C)=O. The fraction of sp³-hybridized carbons (Fsp3) is 0.722. The molecule has 1 saturated carbocycles.